The first kappa shape index (κ1) is 19.8. The van der Waals surface area contributed by atoms with E-state index in [0.717, 1.165) is 19.4 Å². The zero-order chi connectivity index (χ0) is 18.7. The first-order valence-electron chi connectivity index (χ1n) is 9.19. The van der Waals surface area contributed by atoms with Gasteiger partial charge in [0.05, 0.1) is 24.7 Å². The molecule has 6 nitrogen and oxygen atoms in total. The summed E-state index contributed by atoms with van der Waals surface area (Å²) < 4.78 is 28.8. The smallest absolute Gasteiger partial charge is 0.237 e. The van der Waals surface area contributed by atoms with Gasteiger partial charge in [-0.15, -0.1) is 11.3 Å². The summed E-state index contributed by atoms with van der Waals surface area (Å²) in [6.07, 6.45) is 2.69. The summed E-state index contributed by atoms with van der Waals surface area (Å²) in [4.78, 5) is 19.6. The number of hydrogen-bond acceptors (Lipinski definition) is 6. The van der Waals surface area contributed by atoms with E-state index in [1.807, 2.05) is 0 Å². The molecule has 0 radical (unpaired) electrons. The fourth-order valence-electron chi connectivity index (χ4n) is 3.96. The van der Waals surface area contributed by atoms with Gasteiger partial charge in [0.2, 0.25) is 5.91 Å². The predicted molar refractivity (Wildman–Crippen MR) is 103 cm³/mol. The van der Waals surface area contributed by atoms with Crippen molar-refractivity contribution in [2.45, 2.75) is 38.3 Å². The number of nitrogens with zero attached hydrogens (tertiary/aromatic N) is 2. The lowest BCUT2D eigenvalue weighted by Crippen LogP contribution is -2.47. The van der Waals surface area contributed by atoms with Crippen LogP contribution in [0.25, 0.3) is 0 Å². The average molecular weight is 401 g/mol. The van der Waals surface area contributed by atoms with Crippen molar-refractivity contribution >= 4 is 27.1 Å². The van der Waals surface area contributed by atoms with Crippen molar-refractivity contribution in [1.29, 1.82) is 0 Å². The van der Waals surface area contributed by atoms with E-state index in [9.17, 15) is 13.2 Å². The van der Waals surface area contributed by atoms with Crippen molar-refractivity contribution in [3.05, 3.63) is 21.9 Å². The number of methoxy groups -OCH3 is 1. The molecule has 2 saturated heterocycles. The molecule has 2 aliphatic heterocycles. The van der Waals surface area contributed by atoms with E-state index >= 15 is 0 Å². The topological polar surface area (TPSA) is 66.9 Å². The molecule has 0 saturated carbocycles. The van der Waals surface area contributed by atoms with Crippen LogP contribution in [0.1, 0.15) is 35.1 Å². The van der Waals surface area contributed by atoms with Gasteiger partial charge in [0.25, 0.3) is 0 Å². The van der Waals surface area contributed by atoms with Crippen LogP contribution in [0.3, 0.4) is 0 Å². The third-order valence-electron chi connectivity index (χ3n) is 5.30. The van der Waals surface area contributed by atoms with Gasteiger partial charge in [-0.2, -0.15) is 0 Å². The standard InChI is InChI=1S/C18H28N2O4S2/c1-14-5-6-17(25-14)16-4-3-8-19(16)12-18(21)20(9-10-24-2)15-7-11-26(22,23)13-15/h5-6,15-16H,3-4,7-13H2,1-2H3. The summed E-state index contributed by atoms with van der Waals surface area (Å²) in [5, 5.41) is 0. The molecule has 8 heteroatoms. The molecule has 146 valence electrons. The molecule has 1 aromatic rings. The molecule has 2 unspecified atom stereocenters. The molecule has 0 spiro atoms. The first-order chi connectivity index (χ1) is 12.4. The Bertz CT molecular complexity index is 731. The summed E-state index contributed by atoms with van der Waals surface area (Å²) >= 11 is 1.80. The number of hydrogen-bond donors (Lipinski definition) is 0. The second kappa shape index (κ2) is 8.37. The predicted octanol–water partition coefficient (Wildman–Crippen LogP) is 1.86. The van der Waals surface area contributed by atoms with Gasteiger partial charge < -0.3 is 9.64 Å². The van der Waals surface area contributed by atoms with E-state index in [1.165, 1.54) is 9.75 Å². The van der Waals surface area contributed by atoms with Crippen LogP contribution in [-0.2, 0) is 19.4 Å². The minimum absolute atomic E-state index is 0.0179. The number of aryl methyl sites for hydroxylation is 1. The molecule has 0 N–H and O–H groups in total. The lowest BCUT2D eigenvalue weighted by atomic mass is 10.2. The maximum Gasteiger partial charge on any atom is 0.237 e. The molecule has 3 heterocycles. The molecule has 2 atom stereocenters. The van der Waals surface area contributed by atoms with Gasteiger partial charge in [0.1, 0.15) is 0 Å². The van der Waals surface area contributed by atoms with Gasteiger partial charge in [-0.1, -0.05) is 0 Å². The summed E-state index contributed by atoms with van der Waals surface area (Å²) in [6, 6.07) is 4.38. The second-order valence-electron chi connectivity index (χ2n) is 7.21. The Hall–Kier alpha value is -0.960. The molecule has 1 aromatic heterocycles. The summed E-state index contributed by atoms with van der Waals surface area (Å²) in [5.74, 6) is 0.273. The Balaban J connectivity index is 1.68. The van der Waals surface area contributed by atoms with Crippen molar-refractivity contribution in [3.8, 4) is 0 Å². The minimum atomic E-state index is -3.02. The number of amides is 1. The second-order valence-corrected chi connectivity index (χ2v) is 10.8. The normalized spacial score (nSPS) is 25.6. The molecule has 2 fully saturated rings. The van der Waals surface area contributed by atoms with Crippen LogP contribution in [0.2, 0.25) is 0 Å². The van der Waals surface area contributed by atoms with Gasteiger partial charge in [0, 0.05) is 35.5 Å². The lowest BCUT2D eigenvalue weighted by Gasteiger charge is -2.31. The van der Waals surface area contributed by atoms with Crippen LogP contribution in [0, 0.1) is 6.92 Å². The minimum Gasteiger partial charge on any atom is -0.383 e. The van der Waals surface area contributed by atoms with Crippen LogP contribution in [-0.4, -0.2) is 75.0 Å². The van der Waals surface area contributed by atoms with Crippen LogP contribution in [0.15, 0.2) is 12.1 Å². The molecule has 0 aromatic carbocycles. The Labute approximate surface area is 160 Å². The van der Waals surface area contributed by atoms with Crippen LogP contribution < -0.4 is 0 Å². The summed E-state index contributed by atoms with van der Waals surface area (Å²) in [6.45, 7) is 4.24. The van der Waals surface area contributed by atoms with Crippen molar-refractivity contribution < 1.29 is 17.9 Å². The van der Waals surface area contributed by atoms with Crippen molar-refractivity contribution in [2.75, 3.05) is 44.9 Å². The highest BCUT2D eigenvalue weighted by atomic mass is 32.2. The van der Waals surface area contributed by atoms with Crippen LogP contribution in [0.4, 0.5) is 0 Å². The van der Waals surface area contributed by atoms with Gasteiger partial charge in [-0.25, -0.2) is 8.42 Å². The van der Waals surface area contributed by atoms with Gasteiger partial charge >= 0.3 is 0 Å². The number of rotatable bonds is 7. The molecule has 3 rings (SSSR count). The Morgan fingerprint density at radius 1 is 1.38 bits per heavy atom. The zero-order valence-corrected chi connectivity index (χ0v) is 17.2. The number of likely N-dealkylation sites (tertiary alicyclic amines) is 1. The molecule has 1 amide bonds. The van der Waals surface area contributed by atoms with Crippen LogP contribution in [0.5, 0.6) is 0 Å². The quantitative estimate of drug-likeness (QED) is 0.699. The third kappa shape index (κ3) is 4.65. The molecule has 2 aliphatic rings. The number of carbonyl (C=O) groups is 1. The molecular weight excluding hydrogens is 372 g/mol. The van der Waals surface area contributed by atoms with E-state index in [-0.39, 0.29) is 23.5 Å². The van der Waals surface area contributed by atoms with Gasteiger partial charge in [-0.3, -0.25) is 9.69 Å². The Morgan fingerprint density at radius 3 is 2.81 bits per heavy atom. The van der Waals surface area contributed by atoms with Crippen molar-refractivity contribution in [3.63, 3.8) is 0 Å². The van der Waals surface area contributed by atoms with E-state index in [1.54, 1.807) is 23.3 Å². The van der Waals surface area contributed by atoms with E-state index in [2.05, 4.69) is 24.0 Å². The average Bonchev–Trinajstić information content (AvgIpc) is 3.28. The highest BCUT2D eigenvalue weighted by molar-refractivity contribution is 7.91. The highest BCUT2D eigenvalue weighted by Gasteiger charge is 2.36. The SMILES string of the molecule is COCCN(C(=O)CN1CCCC1c1ccc(C)s1)C1CCS(=O)(=O)C1. The number of sulfone groups is 1. The monoisotopic (exact) mass is 400 g/mol. The van der Waals surface area contributed by atoms with E-state index in [0.29, 0.717) is 32.2 Å². The lowest BCUT2D eigenvalue weighted by molar-refractivity contribution is -0.135. The molecule has 0 bridgehead atoms. The summed E-state index contributed by atoms with van der Waals surface area (Å²) in [5.41, 5.74) is 0. The van der Waals surface area contributed by atoms with Crippen molar-refractivity contribution in [2.24, 2.45) is 0 Å². The zero-order valence-electron chi connectivity index (χ0n) is 15.5. The Kier molecular flexibility index (Phi) is 6.37. The summed E-state index contributed by atoms with van der Waals surface area (Å²) in [7, 11) is -1.42. The van der Waals surface area contributed by atoms with Gasteiger partial charge in [-0.05, 0) is 44.9 Å². The molecular formula is C18H28N2O4S2. The van der Waals surface area contributed by atoms with Crippen LogP contribution >= 0.6 is 11.3 Å². The van der Waals surface area contributed by atoms with Crippen molar-refractivity contribution in [1.82, 2.24) is 9.80 Å². The fraction of sp³-hybridized carbons (Fsp3) is 0.722. The molecule has 0 aliphatic carbocycles. The maximum absolute atomic E-state index is 13.0. The fourth-order valence-corrected chi connectivity index (χ4v) is 6.73. The highest BCUT2D eigenvalue weighted by Crippen LogP contribution is 2.35. The first-order valence-corrected chi connectivity index (χ1v) is 11.8. The largest absolute Gasteiger partial charge is 0.383 e. The number of thiophene rings is 1. The Morgan fingerprint density at radius 2 is 2.19 bits per heavy atom. The van der Waals surface area contributed by atoms with E-state index in [4.69, 9.17) is 4.74 Å². The molecule has 26 heavy (non-hydrogen) atoms. The van der Waals surface area contributed by atoms with E-state index < -0.39 is 9.84 Å². The third-order valence-corrected chi connectivity index (χ3v) is 8.15. The number of carbonyl (C=O) groups excluding carboxylic acids is 1. The maximum atomic E-state index is 13.0. The van der Waals surface area contributed by atoms with Gasteiger partial charge in [0.15, 0.2) is 9.84 Å². The number of ether oxygens (including phenoxy) is 1.